The summed E-state index contributed by atoms with van der Waals surface area (Å²) in [5.41, 5.74) is -0.361. The van der Waals surface area contributed by atoms with E-state index in [1.54, 1.807) is 24.3 Å². The fourth-order valence-electron chi connectivity index (χ4n) is 3.50. The monoisotopic (exact) mass is 434 g/mol. The second-order valence-electron chi connectivity index (χ2n) is 6.60. The summed E-state index contributed by atoms with van der Waals surface area (Å²) in [7, 11) is 2.36. The Morgan fingerprint density at radius 1 is 0.594 bits per heavy atom. The van der Waals surface area contributed by atoms with Crippen molar-refractivity contribution in [1.82, 2.24) is 0 Å². The third kappa shape index (κ3) is 3.93. The molecule has 0 radical (unpaired) electrons. The fraction of sp³-hybridized carbons (Fsp3) is 0.0833. The van der Waals surface area contributed by atoms with Crippen molar-refractivity contribution in [3.8, 4) is 22.3 Å². The number of ether oxygens (including phenoxy) is 2. The highest BCUT2D eigenvalue weighted by molar-refractivity contribution is 6.13. The molecule has 0 atom stereocenters. The number of carbonyl (C=O) groups excluding carboxylic acids is 2. The number of rotatable bonds is 6. The highest BCUT2D eigenvalue weighted by Gasteiger charge is 2.28. The lowest BCUT2D eigenvalue weighted by atomic mass is 9.85. The zero-order valence-corrected chi connectivity index (χ0v) is 17.1. The van der Waals surface area contributed by atoms with Crippen LogP contribution >= 0.6 is 0 Å². The van der Waals surface area contributed by atoms with E-state index in [2.05, 4.69) is 0 Å². The van der Waals surface area contributed by atoms with E-state index in [1.165, 1.54) is 50.6 Å². The average Bonchev–Trinajstić information content (AvgIpc) is 2.81. The molecule has 0 bridgehead atoms. The van der Waals surface area contributed by atoms with Crippen molar-refractivity contribution in [2.45, 2.75) is 0 Å². The number of hydrogen-bond donors (Lipinski definition) is 2. The van der Waals surface area contributed by atoms with Gasteiger partial charge in [0.25, 0.3) is 0 Å². The zero-order chi connectivity index (χ0) is 23.4. The predicted molar refractivity (Wildman–Crippen MR) is 114 cm³/mol. The molecule has 0 aliphatic carbocycles. The minimum Gasteiger partial charge on any atom is -0.478 e. The molecule has 0 heterocycles. The minimum absolute atomic E-state index is 0.00148. The van der Waals surface area contributed by atoms with Crippen molar-refractivity contribution >= 4 is 23.9 Å². The van der Waals surface area contributed by atoms with Crippen molar-refractivity contribution < 1.29 is 38.9 Å². The van der Waals surface area contributed by atoms with E-state index >= 15 is 0 Å². The molecule has 8 heteroatoms. The Morgan fingerprint density at radius 3 is 1.59 bits per heavy atom. The van der Waals surface area contributed by atoms with Crippen LogP contribution in [0, 0.1) is 0 Å². The smallest absolute Gasteiger partial charge is 0.338 e. The second kappa shape index (κ2) is 9.13. The molecule has 3 aromatic rings. The zero-order valence-electron chi connectivity index (χ0n) is 17.1. The molecule has 0 fully saturated rings. The van der Waals surface area contributed by atoms with Gasteiger partial charge in [0.2, 0.25) is 0 Å². The number of esters is 2. The summed E-state index contributed by atoms with van der Waals surface area (Å²) in [5.74, 6) is -4.25. The second-order valence-corrected chi connectivity index (χ2v) is 6.60. The lowest BCUT2D eigenvalue weighted by Gasteiger charge is -2.18. The van der Waals surface area contributed by atoms with Gasteiger partial charge in [-0.1, -0.05) is 42.5 Å². The van der Waals surface area contributed by atoms with Crippen LogP contribution in [0.2, 0.25) is 0 Å². The van der Waals surface area contributed by atoms with Crippen LogP contribution in [-0.2, 0) is 9.47 Å². The SMILES string of the molecule is COC(=O)c1ccccc1-c1ccc(C(=O)O)c(-c2ccccc2C(=O)OC)c1C(=O)O. The number of hydrogen-bond acceptors (Lipinski definition) is 6. The Hall–Kier alpha value is -4.46. The minimum atomic E-state index is -1.43. The molecular formula is C24H18O8. The highest BCUT2D eigenvalue weighted by atomic mass is 16.5. The van der Waals surface area contributed by atoms with Crippen molar-refractivity contribution in [3.05, 3.63) is 82.9 Å². The molecule has 0 aromatic heterocycles. The van der Waals surface area contributed by atoms with Gasteiger partial charge in [0, 0.05) is 5.56 Å². The van der Waals surface area contributed by atoms with Gasteiger partial charge in [-0.25, -0.2) is 19.2 Å². The van der Waals surface area contributed by atoms with Crippen LogP contribution < -0.4 is 0 Å². The third-order valence-electron chi connectivity index (χ3n) is 4.87. The number of carboxylic acid groups (broad SMARTS) is 2. The van der Waals surface area contributed by atoms with Gasteiger partial charge in [-0.05, 0) is 34.9 Å². The number of benzene rings is 3. The summed E-state index contributed by atoms with van der Waals surface area (Å²) in [5, 5.41) is 19.9. The average molecular weight is 434 g/mol. The molecular weight excluding hydrogens is 416 g/mol. The van der Waals surface area contributed by atoms with Crippen LogP contribution in [0.15, 0.2) is 60.7 Å². The van der Waals surface area contributed by atoms with E-state index in [9.17, 15) is 29.4 Å². The van der Waals surface area contributed by atoms with Gasteiger partial charge < -0.3 is 19.7 Å². The van der Waals surface area contributed by atoms with E-state index in [0.717, 1.165) is 0 Å². The molecule has 0 amide bonds. The largest absolute Gasteiger partial charge is 0.478 e. The van der Waals surface area contributed by atoms with Crippen LogP contribution in [0.3, 0.4) is 0 Å². The van der Waals surface area contributed by atoms with Crippen molar-refractivity contribution in [2.75, 3.05) is 14.2 Å². The molecule has 0 saturated carbocycles. The molecule has 0 aliphatic heterocycles. The summed E-state index contributed by atoms with van der Waals surface area (Å²) in [6.07, 6.45) is 0. The van der Waals surface area contributed by atoms with Crippen LogP contribution in [0.4, 0.5) is 0 Å². The number of carbonyl (C=O) groups is 4. The molecule has 8 nitrogen and oxygen atoms in total. The Balaban J connectivity index is 2.48. The maximum atomic E-state index is 12.4. The van der Waals surface area contributed by atoms with Gasteiger partial charge >= 0.3 is 23.9 Å². The van der Waals surface area contributed by atoms with Gasteiger partial charge in [-0.2, -0.15) is 0 Å². The first-order valence-electron chi connectivity index (χ1n) is 9.30. The molecule has 32 heavy (non-hydrogen) atoms. The highest BCUT2D eigenvalue weighted by Crippen LogP contribution is 2.38. The molecule has 2 N–H and O–H groups in total. The normalized spacial score (nSPS) is 10.3. The summed E-state index contributed by atoms with van der Waals surface area (Å²) in [6, 6.07) is 14.7. The van der Waals surface area contributed by atoms with Gasteiger partial charge in [0.15, 0.2) is 0 Å². The first-order valence-corrected chi connectivity index (χ1v) is 9.30. The quantitative estimate of drug-likeness (QED) is 0.558. The van der Waals surface area contributed by atoms with Crippen molar-refractivity contribution in [2.24, 2.45) is 0 Å². The maximum absolute atomic E-state index is 12.4. The summed E-state index contributed by atoms with van der Waals surface area (Å²) < 4.78 is 9.58. The summed E-state index contributed by atoms with van der Waals surface area (Å²) in [4.78, 5) is 49.1. The van der Waals surface area contributed by atoms with Gasteiger partial charge in [-0.15, -0.1) is 0 Å². The number of carboxylic acids is 2. The van der Waals surface area contributed by atoms with E-state index in [1.807, 2.05) is 0 Å². The molecule has 0 saturated heterocycles. The van der Waals surface area contributed by atoms with E-state index in [4.69, 9.17) is 9.47 Å². The van der Waals surface area contributed by atoms with E-state index in [-0.39, 0.29) is 44.5 Å². The Bertz CT molecular complexity index is 1240. The third-order valence-corrected chi connectivity index (χ3v) is 4.87. The number of methoxy groups -OCH3 is 2. The molecule has 3 aromatic carbocycles. The Labute approximate surface area is 182 Å². The molecule has 0 unspecified atom stereocenters. The Kier molecular flexibility index (Phi) is 6.34. The standard InChI is InChI=1S/C24H18O8/c1-31-23(29)16-9-5-3-7-13(16)15-11-12-18(21(25)26)19(20(15)22(27)28)14-8-4-6-10-17(14)24(30)32-2/h3-12H,1-2H3,(H,25,26)(H,27,28). The lowest BCUT2D eigenvalue weighted by Crippen LogP contribution is -2.13. The molecule has 0 aliphatic rings. The van der Waals surface area contributed by atoms with Crippen LogP contribution in [0.1, 0.15) is 41.4 Å². The summed E-state index contributed by atoms with van der Waals surface area (Å²) >= 11 is 0. The first-order chi connectivity index (χ1) is 15.3. The van der Waals surface area contributed by atoms with Crippen LogP contribution in [0.5, 0.6) is 0 Å². The molecule has 162 valence electrons. The van der Waals surface area contributed by atoms with Crippen molar-refractivity contribution in [1.29, 1.82) is 0 Å². The predicted octanol–water partition coefficient (Wildman–Crippen LogP) is 3.99. The number of aromatic carboxylic acids is 2. The van der Waals surface area contributed by atoms with Crippen molar-refractivity contribution in [3.63, 3.8) is 0 Å². The van der Waals surface area contributed by atoms with Gasteiger partial charge in [0.1, 0.15) is 0 Å². The van der Waals surface area contributed by atoms with E-state index < -0.39 is 23.9 Å². The fourth-order valence-corrected chi connectivity index (χ4v) is 3.50. The maximum Gasteiger partial charge on any atom is 0.338 e. The van der Waals surface area contributed by atoms with Gasteiger partial charge in [-0.3, -0.25) is 0 Å². The van der Waals surface area contributed by atoms with Crippen LogP contribution in [0.25, 0.3) is 22.3 Å². The topological polar surface area (TPSA) is 127 Å². The molecule has 0 spiro atoms. The first kappa shape index (κ1) is 22.2. The summed E-state index contributed by atoms with van der Waals surface area (Å²) in [6.45, 7) is 0. The van der Waals surface area contributed by atoms with E-state index in [0.29, 0.717) is 0 Å². The lowest BCUT2D eigenvalue weighted by molar-refractivity contribution is 0.0592. The van der Waals surface area contributed by atoms with Crippen LogP contribution in [-0.4, -0.2) is 48.3 Å². The Morgan fingerprint density at radius 2 is 1.09 bits per heavy atom. The van der Waals surface area contributed by atoms with Gasteiger partial charge in [0.05, 0.1) is 36.5 Å². The molecule has 3 rings (SSSR count).